The molecule has 0 aromatic rings. The number of unbranched alkanes of at least 4 members (excludes halogenated alkanes) is 4. The molecule has 13 heavy (non-hydrogen) atoms. The van der Waals surface area contributed by atoms with Crippen molar-refractivity contribution in [2.45, 2.75) is 51.0 Å². The van der Waals surface area contributed by atoms with Gasteiger partial charge < -0.3 is 10.8 Å². The fraction of sp³-hybridized carbons (Fsp3) is 0.818. The van der Waals surface area contributed by atoms with Gasteiger partial charge in [-0.2, -0.15) is 0 Å². The third-order valence-electron chi connectivity index (χ3n) is 2.77. The standard InChI is InChI=1S/C11H21NO/c1-2-3-4-5-6-7-11(13)8-10(11)9-12/h8,13H,2-7,9,12H2,1H3/t11-/m0/s1. The van der Waals surface area contributed by atoms with Crippen molar-refractivity contribution in [2.24, 2.45) is 5.73 Å². The van der Waals surface area contributed by atoms with Gasteiger partial charge in [0.25, 0.3) is 0 Å². The van der Waals surface area contributed by atoms with Gasteiger partial charge in [-0.05, 0) is 24.5 Å². The lowest BCUT2D eigenvalue weighted by molar-refractivity contribution is 0.155. The molecule has 1 rings (SSSR count). The third-order valence-corrected chi connectivity index (χ3v) is 2.77. The molecule has 76 valence electrons. The average Bonchev–Trinajstić information content (AvgIpc) is 2.77. The summed E-state index contributed by atoms with van der Waals surface area (Å²) in [5.41, 5.74) is 5.90. The fourth-order valence-corrected chi connectivity index (χ4v) is 1.72. The molecule has 1 aliphatic carbocycles. The van der Waals surface area contributed by atoms with Crippen LogP contribution in [0.3, 0.4) is 0 Å². The maximum Gasteiger partial charge on any atom is 0.105 e. The number of nitrogens with two attached hydrogens (primary N) is 1. The van der Waals surface area contributed by atoms with E-state index in [0.717, 1.165) is 18.4 Å². The Kier molecular flexibility index (Phi) is 3.94. The van der Waals surface area contributed by atoms with Crippen LogP contribution >= 0.6 is 0 Å². The lowest BCUT2D eigenvalue weighted by Crippen LogP contribution is -2.16. The Morgan fingerprint density at radius 3 is 2.54 bits per heavy atom. The highest BCUT2D eigenvalue weighted by molar-refractivity contribution is 5.42. The van der Waals surface area contributed by atoms with E-state index in [1.807, 2.05) is 6.08 Å². The molecular weight excluding hydrogens is 162 g/mol. The third kappa shape index (κ3) is 3.12. The molecule has 2 nitrogen and oxygen atoms in total. The Hall–Kier alpha value is -0.340. The Morgan fingerprint density at radius 1 is 1.31 bits per heavy atom. The summed E-state index contributed by atoms with van der Waals surface area (Å²) < 4.78 is 0. The van der Waals surface area contributed by atoms with Crippen LogP contribution in [0.4, 0.5) is 0 Å². The van der Waals surface area contributed by atoms with Crippen molar-refractivity contribution in [1.29, 1.82) is 0 Å². The van der Waals surface area contributed by atoms with Crippen LogP contribution in [0.1, 0.15) is 45.4 Å². The topological polar surface area (TPSA) is 46.2 Å². The van der Waals surface area contributed by atoms with Crippen LogP contribution in [0, 0.1) is 0 Å². The molecule has 0 saturated carbocycles. The van der Waals surface area contributed by atoms with Gasteiger partial charge in [-0.1, -0.05) is 32.6 Å². The predicted molar refractivity (Wildman–Crippen MR) is 55.5 cm³/mol. The lowest BCUT2D eigenvalue weighted by atomic mass is 10.0. The lowest BCUT2D eigenvalue weighted by Gasteiger charge is -2.10. The Balaban J connectivity index is 1.96. The molecular formula is C11H21NO. The zero-order chi connectivity index (χ0) is 9.73. The van der Waals surface area contributed by atoms with E-state index in [2.05, 4.69) is 6.92 Å². The Bertz CT molecular complexity index is 189. The summed E-state index contributed by atoms with van der Waals surface area (Å²) in [6.07, 6.45) is 9.02. The summed E-state index contributed by atoms with van der Waals surface area (Å²) >= 11 is 0. The van der Waals surface area contributed by atoms with E-state index in [4.69, 9.17) is 5.73 Å². The highest BCUT2D eigenvalue weighted by Crippen LogP contribution is 2.37. The zero-order valence-corrected chi connectivity index (χ0v) is 8.55. The summed E-state index contributed by atoms with van der Waals surface area (Å²) in [7, 11) is 0. The maximum absolute atomic E-state index is 9.77. The summed E-state index contributed by atoms with van der Waals surface area (Å²) in [5.74, 6) is 0. The molecule has 1 aliphatic rings. The quantitative estimate of drug-likeness (QED) is 0.468. The molecule has 0 aromatic heterocycles. The number of hydrogen-bond donors (Lipinski definition) is 2. The van der Waals surface area contributed by atoms with Gasteiger partial charge >= 0.3 is 0 Å². The second kappa shape index (κ2) is 4.77. The second-order valence-corrected chi connectivity index (χ2v) is 3.96. The van der Waals surface area contributed by atoms with Crippen molar-refractivity contribution >= 4 is 0 Å². The number of hydrogen-bond acceptors (Lipinski definition) is 2. The van der Waals surface area contributed by atoms with Crippen LogP contribution in [0.25, 0.3) is 0 Å². The summed E-state index contributed by atoms with van der Waals surface area (Å²) in [6.45, 7) is 2.73. The maximum atomic E-state index is 9.77. The Labute approximate surface area is 80.8 Å². The van der Waals surface area contributed by atoms with Crippen molar-refractivity contribution in [2.75, 3.05) is 6.54 Å². The van der Waals surface area contributed by atoms with E-state index in [9.17, 15) is 5.11 Å². The van der Waals surface area contributed by atoms with E-state index >= 15 is 0 Å². The molecule has 0 saturated heterocycles. The Morgan fingerprint density at radius 2 is 2.00 bits per heavy atom. The molecule has 0 unspecified atom stereocenters. The van der Waals surface area contributed by atoms with Gasteiger partial charge in [0.05, 0.1) is 0 Å². The predicted octanol–water partition coefficient (Wildman–Crippen LogP) is 1.98. The minimum atomic E-state index is -0.568. The first-order valence-electron chi connectivity index (χ1n) is 5.37. The van der Waals surface area contributed by atoms with E-state index < -0.39 is 5.60 Å². The van der Waals surface area contributed by atoms with Crippen molar-refractivity contribution in [1.82, 2.24) is 0 Å². The average molecular weight is 183 g/mol. The molecule has 0 aromatic carbocycles. The van der Waals surface area contributed by atoms with E-state index in [-0.39, 0.29) is 0 Å². The molecule has 0 spiro atoms. The molecule has 0 fully saturated rings. The first-order chi connectivity index (χ1) is 6.23. The van der Waals surface area contributed by atoms with Crippen molar-refractivity contribution in [3.05, 3.63) is 11.6 Å². The largest absolute Gasteiger partial charge is 0.381 e. The van der Waals surface area contributed by atoms with Crippen LogP contribution in [-0.2, 0) is 0 Å². The molecule has 0 bridgehead atoms. The molecule has 0 radical (unpaired) electrons. The van der Waals surface area contributed by atoms with Gasteiger partial charge in [0.1, 0.15) is 5.60 Å². The van der Waals surface area contributed by atoms with Crippen LogP contribution in [0.15, 0.2) is 11.6 Å². The molecule has 0 aliphatic heterocycles. The summed E-state index contributed by atoms with van der Waals surface area (Å²) in [5, 5.41) is 9.77. The molecule has 0 amide bonds. The van der Waals surface area contributed by atoms with Gasteiger partial charge in [-0.15, -0.1) is 0 Å². The van der Waals surface area contributed by atoms with Crippen LogP contribution in [0.5, 0.6) is 0 Å². The second-order valence-electron chi connectivity index (χ2n) is 3.96. The van der Waals surface area contributed by atoms with E-state index in [0.29, 0.717) is 6.54 Å². The SMILES string of the molecule is CCCCCCC[C@]1(O)C=C1CN. The van der Waals surface area contributed by atoms with Crippen LogP contribution < -0.4 is 5.73 Å². The monoisotopic (exact) mass is 183 g/mol. The first-order valence-corrected chi connectivity index (χ1v) is 5.37. The van der Waals surface area contributed by atoms with Gasteiger partial charge in [0.2, 0.25) is 0 Å². The van der Waals surface area contributed by atoms with Gasteiger partial charge in [-0.3, -0.25) is 0 Å². The van der Waals surface area contributed by atoms with Crippen molar-refractivity contribution in [3.63, 3.8) is 0 Å². The fourth-order valence-electron chi connectivity index (χ4n) is 1.72. The van der Waals surface area contributed by atoms with Crippen LogP contribution in [0.2, 0.25) is 0 Å². The molecule has 2 heteroatoms. The van der Waals surface area contributed by atoms with E-state index in [1.165, 1.54) is 25.7 Å². The van der Waals surface area contributed by atoms with Crippen molar-refractivity contribution < 1.29 is 5.11 Å². The smallest absolute Gasteiger partial charge is 0.105 e. The highest BCUT2D eigenvalue weighted by Gasteiger charge is 2.39. The minimum absolute atomic E-state index is 0.519. The molecule has 0 heterocycles. The number of aliphatic hydroxyl groups is 1. The van der Waals surface area contributed by atoms with Gasteiger partial charge in [-0.25, -0.2) is 0 Å². The van der Waals surface area contributed by atoms with E-state index in [1.54, 1.807) is 0 Å². The molecule has 1 atom stereocenters. The summed E-state index contributed by atoms with van der Waals surface area (Å²) in [4.78, 5) is 0. The normalized spacial score (nSPS) is 25.9. The molecule has 3 N–H and O–H groups in total. The van der Waals surface area contributed by atoms with Crippen LogP contribution in [-0.4, -0.2) is 17.3 Å². The zero-order valence-electron chi connectivity index (χ0n) is 8.55. The first kappa shape index (κ1) is 10.7. The number of rotatable bonds is 7. The van der Waals surface area contributed by atoms with Gasteiger partial charge in [0, 0.05) is 6.54 Å². The summed E-state index contributed by atoms with van der Waals surface area (Å²) in [6, 6.07) is 0. The van der Waals surface area contributed by atoms with Gasteiger partial charge in [0.15, 0.2) is 0 Å². The van der Waals surface area contributed by atoms with Crippen molar-refractivity contribution in [3.8, 4) is 0 Å². The minimum Gasteiger partial charge on any atom is -0.381 e. The highest BCUT2D eigenvalue weighted by atomic mass is 16.3.